The molecule has 3 N–H and O–H groups in total. The Bertz CT molecular complexity index is 388. The van der Waals surface area contributed by atoms with Crippen LogP contribution >= 0.6 is 0 Å². The summed E-state index contributed by atoms with van der Waals surface area (Å²) in [5.74, 6) is -1.43. The van der Waals surface area contributed by atoms with Gasteiger partial charge in [-0.15, -0.1) is 0 Å². The van der Waals surface area contributed by atoms with Crippen molar-refractivity contribution in [1.29, 1.82) is 0 Å². The van der Waals surface area contributed by atoms with Gasteiger partial charge in [-0.2, -0.15) is 0 Å². The molecule has 0 bridgehead atoms. The predicted octanol–water partition coefficient (Wildman–Crippen LogP) is -0.241. The first-order chi connectivity index (χ1) is 7.04. The van der Waals surface area contributed by atoms with Crippen molar-refractivity contribution in [1.82, 2.24) is 10.6 Å². The average Bonchev–Trinajstić information content (AvgIpc) is 2.91. The maximum Gasteiger partial charge on any atom is 0.322 e. The standard InChI is InChI=1S/C9H10N2O4/c12-6(13)3-4-9(5-1-2-5)7(14)10-8(15)11-9/h1H,2-4H2,(H,12,13)(H2,10,11,14,15)/t9-/m1/s1. The fraction of sp³-hybridized carbons (Fsp3) is 0.444. The van der Waals surface area contributed by atoms with E-state index >= 15 is 0 Å². The average molecular weight is 210 g/mol. The molecule has 0 saturated carbocycles. The van der Waals surface area contributed by atoms with Crippen LogP contribution in [-0.2, 0) is 9.59 Å². The van der Waals surface area contributed by atoms with Gasteiger partial charge in [0.05, 0.1) is 0 Å². The zero-order valence-corrected chi connectivity index (χ0v) is 7.87. The van der Waals surface area contributed by atoms with Crippen molar-refractivity contribution in [3.8, 4) is 0 Å². The normalized spacial score (nSPS) is 28.1. The van der Waals surface area contributed by atoms with Gasteiger partial charge in [-0.25, -0.2) is 4.79 Å². The van der Waals surface area contributed by atoms with Gasteiger partial charge in [0.1, 0.15) is 5.54 Å². The molecular weight excluding hydrogens is 200 g/mol. The van der Waals surface area contributed by atoms with Gasteiger partial charge >= 0.3 is 12.0 Å². The highest BCUT2D eigenvalue weighted by atomic mass is 16.4. The number of hydrogen-bond donors (Lipinski definition) is 3. The number of carbonyl (C=O) groups excluding carboxylic acids is 2. The minimum Gasteiger partial charge on any atom is -0.481 e. The Morgan fingerprint density at radius 1 is 1.53 bits per heavy atom. The number of hydrogen-bond acceptors (Lipinski definition) is 3. The molecule has 1 aliphatic heterocycles. The highest BCUT2D eigenvalue weighted by molar-refractivity contribution is 6.09. The van der Waals surface area contributed by atoms with Crippen LogP contribution in [0.25, 0.3) is 0 Å². The molecule has 1 saturated heterocycles. The third kappa shape index (κ3) is 1.58. The minimum absolute atomic E-state index is 0.103. The maximum atomic E-state index is 11.6. The number of carbonyl (C=O) groups is 3. The molecule has 0 radical (unpaired) electrons. The monoisotopic (exact) mass is 210 g/mol. The van der Waals surface area contributed by atoms with E-state index < -0.39 is 23.4 Å². The van der Waals surface area contributed by atoms with E-state index in [9.17, 15) is 14.4 Å². The first-order valence-electron chi connectivity index (χ1n) is 4.59. The summed E-state index contributed by atoms with van der Waals surface area (Å²) in [7, 11) is 0. The second-order valence-electron chi connectivity index (χ2n) is 3.64. The number of rotatable bonds is 4. The quantitative estimate of drug-likeness (QED) is 0.440. The third-order valence-electron chi connectivity index (χ3n) is 2.61. The van der Waals surface area contributed by atoms with E-state index in [1.807, 2.05) is 6.08 Å². The van der Waals surface area contributed by atoms with Gasteiger partial charge in [0, 0.05) is 6.42 Å². The lowest BCUT2D eigenvalue weighted by Crippen LogP contribution is -2.46. The molecule has 3 amide bonds. The van der Waals surface area contributed by atoms with Crippen LogP contribution in [0, 0.1) is 0 Å². The van der Waals surface area contributed by atoms with Crippen LogP contribution in [0.4, 0.5) is 4.79 Å². The van der Waals surface area contributed by atoms with E-state index in [0.717, 1.165) is 5.57 Å². The number of aliphatic carboxylic acids is 1. The molecule has 0 aromatic rings. The van der Waals surface area contributed by atoms with Gasteiger partial charge in [0.25, 0.3) is 5.91 Å². The second-order valence-corrected chi connectivity index (χ2v) is 3.64. The number of nitrogens with one attached hydrogen (secondary N) is 2. The van der Waals surface area contributed by atoms with E-state index in [1.54, 1.807) is 0 Å². The lowest BCUT2D eigenvalue weighted by Gasteiger charge is -2.22. The van der Waals surface area contributed by atoms with Gasteiger partial charge in [-0.05, 0) is 18.4 Å². The van der Waals surface area contributed by atoms with Gasteiger partial charge in [0.2, 0.25) is 0 Å². The van der Waals surface area contributed by atoms with E-state index in [1.165, 1.54) is 0 Å². The van der Waals surface area contributed by atoms with Crippen LogP contribution in [0.2, 0.25) is 0 Å². The lowest BCUT2D eigenvalue weighted by molar-refractivity contribution is -0.137. The summed E-state index contributed by atoms with van der Waals surface area (Å²) < 4.78 is 0. The summed E-state index contributed by atoms with van der Waals surface area (Å²) in [6.07, 6.45) is 2.43. The Balaban J connectivity index is 2.17. The van der Waals surface area contributed by atoms with Crippen molar-refractivity contribution < 1.29 is 19.5 Å². The molecule has 6 nitrogen and oxygen atoms in total. The largest absolute Gasteiger partial charge is 0.481 e. The van der Waals surface area contributed by atoms with Crippen molar-refractivity contribution in [3.63, 3.8) is 0 Å². The van der Waals surface area contributed by atoms with Crippen LogP contribution in [-0.4, -0.2) is 28.6 Å². The SMILES string of the molecule is O=C(O)CC[C@]1(C2=CC2)NC(=O)NC1=O. The van der Waals surface area contributed by atoms with Crippen molar-refractivity contribution in [2.75, 3.05) is 0 Å². The molecule has 0 aromatic carbocycles. The van der Waals surface area contributed by atoms with Crippen molar-refractivity contribution >= 4 is 17.9 Å². The van der Waals surface area contributed by atoms with Crippen LogP contribution in [0.3, 0.4) is 0 Å². The minimum atomic E-state index is -1.10. The number of urea groups is 1. The molecular formula is C9H10N2O4. The molecule has 0 aromatic heterocycles. The molecule has 2 aliphatic rings. The first-order valence-corrected chi connectivity index (χ1v) is 4.59. The zero-order chi connectivity index (χ0) is 11.1. The Labute approximate surface area is 85.3 Å². The summed E-state index contributed by atoms with van der Waals surface area (Å²) >= 11 is 0. The zero-order valence-electron chi connectivity index (χ0n) is 7.87. The summed E-state index contributed by atoms with van der Waals surface area (Å²) in [5.41, 5.74) is -0.303. The summed E-state index contributed by atoms with van der Waals surface area (Å²) in [5, 5.41) is 13.2. The fourth-order valence-electron chi connectivity index (χ4n) is 1.75. The summed E-state index contributed by atoms with van der Waals surface area (Å²) in [6.45, 7) is 0. The molecule has 0 spiro atoms. The highest BCUT2D eigenvalue weighted by Gasteiger charge is 2.51. The summed E-state index contributed by atoms with van der Waals surface area (Å²) in [6, 6.07) is -0.557. The Morgan fingerprint density at radius 3 is 2.60 bits per heavy atom. The smallest absolute Gasteiger partial charge is 0.322 e. The van der Waals surface area contributed by atoms with Gasteiger partial charge < -0.3 is 10.4 Å². The van der Waals surface area contributed by atoms with Crippen molar-refractivity contribution in [2.24, 2.45) is 0 Å². The Hall–Kier alpha value is -1.85. The molecule has 2 rings (SSSR count). The van der Waals surface area contributed by atoms with Crippen LogP contribution < -0.4 is 10.6 Å². The van der Waals surface area contributed by atoms with Crippen LogP contribution in [0.15, 0.2) is 11.6 Å². The molecule has 6 heteroatoms. The molecule has 15 heavy (non-hydrogen) atoms. The summed E-state index contributed by atoms with van der Waals surface area (Å²) in [4.78, 5) is 33.1. The van der Waals surface area contributed by atoms with E-state index in [0.29, 0.717) is 6.42 Å². The maximum absolute atomic E-state index is 11.6. The number of carboxylic acid groups (broad SMARTS) is 1. The number of allylic oxidation sites excluding steroid dienone is 1. The molecule has 1 atom stereocenters. The number of carboxylic acids is 1. The van der Waals surface area contributed by atoms with Gasteiger partial charge in [-0.3, -0.25) is 14.9 Å². The highest BCUT2D eigenvalue weighted by Crippen LogP contribution is 2.36. The Kier molecular flexibility index (Phi) is 1.99. The van der Waals surface area contributed by atoms with Crippen molar-refractivity contribution in [2.45, 2.75) is 24.8 Å². The van der Waals surface area contributed by atoms with Crippen molar-refractivity contribution in [3.05, 3.63) is 11.6 Å². The number of amides is 3. The van der Waals surface area contributed by atoms with Crippen LogP contribution in [0.1, 0.15) is 19.3 Å². The Morgan fingerprint density at radius 2 is 2.20 bits per heavy atom. The molecule has 0 unspecified atom stereocenters. The van der Waals surface area contributed by atoms with E-state index in [2.05, 4.69) is 10.6 Å². The second kappa shape index (κ2) is 3.08. The van der Waals surface area contributed by atoms with Gasteiger partial charge in [0.15, 0.2) is 0 Å². The number of imide groups is 1. The van der Waals surface area contributed by atoms with E-state index in [-0.39, 0.29) is 12.8 Å². The molecule has 1 fully saturated rings. The predicted molar refractivity (Wildman–Crippen MR) is 49.0 cm³/mol. The topological polar surface area (TPSA) is 95.5 Å². The molecule has 1 heterocycles. The van der Waals surface area contributed by atoms with Crippen LogP contribution in [0.5, 0.6) is 0 Å². The molecule has 1 aliphatic carbocycles. The van der Waals surface area contributed by atoms with Gasteiger partial charge in [-0.1, -0.05) is 6.08 Å². The fourth-order valence-corrected chi connectivity index (χ4v) is 1.75. The third-order valence-corrected chi connectivity index (χ3v) is 2.61. The first kappa shape index (κ1) is 9.70. The molecule has 80 valence electrons. The lowest BCUT2D eigenvalue weighted by atomic mass is 9.90. The van der Waals surface area contributed by atoms with E-state index in [4.69, 9.17) is 5.11 Å².